The minimum absolute atomic E-state index is 0.0827. The van der Waals surface area contributed by atoms with Gasteiger partial charge >= 0.3 is 0 Å². The number of nitrogens with zero attached hydrogens (tertiary/aromatic N) is 2. The van der Waals surface area contributed by atoms with Crippen molar-refractivity contribution in [1.29, 1.82) is 0 Å². The highest BCUT2D eigenvalue weighted by atomic mass is 79.9. The second kappa shape index (κ2) is 7.42. The van der Waals surface area contributed by atoms with Gasteiger partial charge in [0.25, 0.3) is 0 Å². The first-order valence-electron chi connectivity index (χ1n) is 8.18. The number of halogens is 1. The van der Waals surface area contributed by atoms with Crippen LogP contribution < -0.4 is 0 Å². The average molecular weight is 363 g/mol. The van der Waals surface area contributed by atoms with Gasteiger partial charge in [0.05, 0.1) is 0 Å². The minimum Gasteiger partial charge on any atom is -0.373 e. The third-order valence-electron chi connectivity index (χ3n) is 4.64. The van der Waals surface area contributed by atoms with E-state index in [0.29, 0.717) is 6.04 Å². The number of hydrogen-bond acceptors (Lipinski definition) is 3. The quantitative estimate of drug-likeness (QED) is 0.589. The highest BCUT2D eigenvalue weighted by molar-refractivity contribution is 9.10. The summed E-state index contributed by atoms with van der Waals surface area (Å²) < 4.78 is 0.998. The van der Waals surface area contributed by atoms with E-state index in [1.54, 1.807) is 6.08 Å². The van der Waals surface area contributed by atoms with Crippen LogP contribution in [0.4, 0.5) is 0 Å². The zero-order chi connectivity index (χ0) is 15.4. The second-order valence-corrected chi connectivity index (χ2v) is 7.14. The molecule has 0 saturated carbocycles. The fourth-order valence-corrected chi connectivity index (χ4v) is 3.65. The number of rotatable bonds is 5. The van der Waals surface area contributed by atoms with Gasteiger partial charge in [0.15, 0.2) is 5.78 Å². The highest BCUT2D eigenvalue weighted by Gasteiger charge is 2.25. The molecule has 0 unspecified atom stereocenters. The van der Waals surface area contributed by atoms with Crippen LogP contribution in [0.15, 0.2) is 41.0 Å². The van der Waals surface area contributed by atoms with Crippen molar-refractivity contribution in [3.05, 3.63) is 46.6 Å². The molecule has 0 radical (unpaired) electrons. The van der Waals surface area contributed by atoms with Gasteiger partial charge in [0.1, 0.15) is 0 Å². The summed E-state index contributed by atoms with van der Waals surface area (Å²) in [5.41, 5.74) is 0.745. The largest absolute Gasteiger partial charge is 0.373 e. The summed E-state index contributed by atoms with van der Waals surface area (Å²) in [6.45, 7) is 4.71. The van der Waals surface area contributed by atoms with Crippen LogP contribution in [0.3, 0.4) is 0 Å². The Balaban J connectivity index is 1.58. The molecule has 118 valence electrons. The molecular weight excluding hydrogens is 340 g/mol. The van der Waals surface area contributed by atoms with Crippen molar-refractivity contribution < 1.29 is 4.79 Å². The summed E-state index contributed by atoms with van der Waals surface area (Å²) >= 11 is 3.39. The van der Waals surface area contributed by atoms with Gasteiger partial charge in [-0.25, -0.2) is 0 Å². The maximum Gasteiger partial charge on any atom is 0.187 e. The van der Waals surface area contributed by atoms with Crippen LogP contribution in [0.1, 0.15) is 36.0 Å². The summed E-state index contributed by atoms with van der Waals surface area (Å²) in [5.74, 6) is 0.0827. The summed E-state index contributed by atoms with van der Waals surface area (Å²) in [6.07, 6.45) is 8.89. The van der Waals surface area contributed by atoms with E-state index in [0.717, 1.165) is 23.1 Å². The van der Waals surface area contributed by atoms with Gasteiger partial charge in [-0.2, -0.15) is 0 Å². The van der Waals surface area contributed by atoms with Crippen molar-refractivity contribution in [2.24, 2.45) is 0 Å². The first kappa shape index (κ1) is 15.8. The van der Waals surface area contributed by atoms with Crippen molar-refractivity contribution in [2.75, 3.05) is 26.2 Å². The Labute approximate surface area is 141 Å². The van der Waals surface area contributed by atoms with E-state index in [9.17, 15) is 4.79 Å². The normalized spacial score (nSPS) is 22.8. The molecule has 1 atom stereocenters. The van der Waals surface area contributed by atoms with Gasteiger partial charge in [-0.15, -0.1) is 0 Å². The molecule has 22 heavy (non-hydrogen) atoms. The fraction of sp³-hybridized carbons (Fsp3) is 0.500. The first-order valence-corrected chi connectivity index (χ1v) is 8.98. The molecule has 2 aliphatic rings. The molecule has 3 nitrogen and oxygen atoms in total. The second-order valence-electron chi connectivity index (χ2n) is 6.23. The Hall–Kier alpha value is -1.13. The van der Waals surface area contributed by atoms with E-state index in [1.807, 2.05) is 30.5 Å². The van der Waals surface area contributed by atoms with Crippen LogP contribution in [-0.4, -0.2) is 47.8 Å². The maximum atomic E-state index is 12.2. The van der Waals surface area contributed by atoms with Gasteiger partial charge in [-0.05, 0) is 63.0 Å². The molecule has 4 heteroatoms. The van der Waals surface area contributed by atoms with Crippen LogP contribution in [0.2, 0.25) is 0 Å². The maximum absolute atomic E-state index is 12.2. The number of benzene rings is 1. The predicted octanol–water partition coefficient (Wildman–Crippen LogP) is 3.71. The molecule has 0 aliphatic carbocycles. The van der Waals surface area contributed by atoms with Crippen LogP contribution in [0.25, 0.3) is 0 Å². The Morgan fingerprint density at radius 3 is 2.59 bits per heavy atom. The third kappa shape index (κ3) is 3.99. The number of likely N-dealkylation sites (tertiary alicyclic amines) is 2. The lowest BCUT2D eigenvalue weighted by Gasteiger charge is -2.27. The van der Waals surface area contributed by atoms with E-state index >= 15 is 0 Å². The lowest BCUT2D eigenvalue weighted by molar-refractivity contribution is 0.104. The predicted molar refractivity (Wildman–Crippen MR) is 93.0 cm³/mol. The number of ketones is 1. The lowest BCUT2D eigenvalue weighted by Crippen LogP contribution is -2.36. The molecule has 0 aromatic heterocycles. The number of carbonyl (C=O) groups excluding carboxylic acids is 1. The van der Waals surface area contributed by atoms with E-state index in [4.69, 9.17) is 0 Å². The van der Waals surface area contributed by atoms with Crippen molar-refractivity contribution >= 4 is 21.7 Å². The molecule has 2 fully saturated rings. The molecular formula is C18H23BrN2O. The van der Waals surface area contributed by atoms with Crippen molar-refractivity contribution in [3.8, 4) is 0 Å². The fourth-order valence-electron chi connectivity index (χ4n) is 3.39. The van der Waals surface area contributed by atoms with Gasteiger partial charge < -0.3 is 9.80 Å². The monoisotopic (exact) mass is 362 g/mol. The Morgan fingerprint density at radius 2 is 1.86 bits per heavy atom. The third-order valence-corrected chi connectivity index (χ3v) is 5.17. The van der Waals surface area contributed by atoms with Crippen LogP contribution >= 0.6 is 15.9 Å². The highest BCUT2D eigenvalue weighted by Crippen LogP contribution is 2.21. The van der Waals surface area contributed by atoms with Gasteiger partial charge in [-0.3, -0.25) is 4.79 Å². The van der Waals surface area contributed by atoms with Gasteiger partial charge in [0, 0.05) is 41.4 Å². The summed E-state index contributed by atoms with van der Waals surface area (Å²) in [4.78, 5) is 17.1. The summed E-state index contributed by atoms with van der Waals surface area (Å²) in [7, 11) is 0. The number of hydrogen-bond donors (Lipinski definition) is 0. The molecule has 1 aromatic rings. The van der Waals surface area contributed by atoms with E-state index in [-0.39, 0.29) is 5.78 Å². The average Bonchev–Trinajstić information content (AvgIpc) is 3.18. The van der Waals surface area contributed by atoms with Crippen LogP contribution in [-0.2, 0) is 0 Å². The topological polar surface area (TPSA) is 23.6 Å². The molecule has 1 aromatic carbocycles. The minimum atomic E-state index is 0.0827. The van der Waals surface area contributed by atoms with E-state index < -0.39 is 0 Å². The molecule has 0 spiro atoms. The van der Waals surface area contributed by atoms with E-state index in [1.165, 1.54) is 38.8 Å². The van der Waals surface area contributed by atoms with Gasteiger partial charge in [0.2, 0.25) is 0 Å². The smallest absolute Gasteiger partial charge is 0.187 e. The van der Waals surface area contributed by atoms with Crippen molar-refractivity contribution in [2.45, 2.75) is 31.7 Å². The first-order chi connectivity index (χ1) is 10.7. The molecule has 2 heterocycles. The van der Waals surface area contributed by atoms with Crippen LogP contribution in [0, 0.1) is 0 Å². The summed E-state index contributed by atoms with van der Waals surface area (Å²) in [5, 5.41) is 0. The molecule has 0 bridgehead atoms. The molecule has 2 aliphatic heterocycles. The van der Waals surface area contributed by atoms with Gasteiger partial charge in [-0.1, -0.05) is 15.9 Å². The molecule has 3 rings (SSSR count). The Kier molecular flexibility index (Phi) is 5.32. The summed E-state index contributed by atoms with van der Waals surface area (Å²) in [6, 6.07) is 8.12. The molecule has 2 saturated heterocycles. The lowest BCUT2D eigenvalue weighted by atomic mass is 10.1. The zero-order valence-corrected chi connectivity index (χ0v) is 14.5. The SMILES string of the molecule is O=C(C=CN1CCC[C@@H]1CN1CCCC1)c1ccc(Br)cc1. The Bertz CT molecular complexity index is 535. The van der Waals surface area contributed by atoms with Crippen LogP contribution in [0.5, 0.6) is 0 Å². The van der Waals surface area contributed by atoms with Crippen molar-refractivity contribution in [3.63, 3.8) is 0 Å². The number of allylic oxidation sites excluding steroid dienone is 1. The Morgan fingerprint density at radius 1 is 1.14 bits per heavy atom. The van der Waals surface area contributed by atoms with E-state index in [2.05, 4.69) is 25.7 Å². The van der Waals surface area contributed by atoms with Crippen molar-refractivity contribution in [1.82, 2.24) is 9.80 Å². The molecule has 0 amide bonds. The molecule has 0 N–H and O–H groups in total. The standard InChI is InChI=1S/C18H23BrN2O/c19-16-7-5-15(6-8-16)18(22)9-13-21-12-3-4-17(21)14-20-10-1-2-11-20/h5-9,13,17H,1-4,10-12,14H2/t17-/m1/s1. The zero-order valence-electron chi connectivity index (χ0n) is 12.9. The number of carbonyl (C=O) groups is 1.